The Labute approximate surface area is 124 Å². The van der Waals surface area contributed by atoms with Crippen LogP contribution in [0, 0.1) is 5.92 Å². The van der Waals surface area contributed by atoms with Crippen LogP contribution in [0.4, 0.5) is 0 Å². The molecule has 108 valence electrons. The molecule has 1 N–H and O–H groups in total. The van der Waals surface area contributed by atoms with E-state index in [0.717, 1.165) is 10.0 Å². The fraction of sp³-hybridized carbons (Fsp3) is 0.571. The molecule has 1 rings (SSSR count). The molecular formula is C14H21BrO3S. The average molecular weight is 349 g/mol. The predicted molar refractivity (Wildman–Crippen MR) is 82.0 cm³/mol. The van der Waals surface area contributed by atoms with Crippen molar-refractivity contribution in [3.05, 3.63) is 34.3 Å². The van der Waals surface area contributed by atoms with Gasteiger partial charge >= 0.3 is 0 Å². The number of aliphatic hydroxyl groups excluding tert-OH is 1. The Bertz CT molecular complexity index is 480. The molecule has 19 heavy (non-hydrogen) atoms. The van der Waals surface area contributed by atoms with E-state index in [4.69, 9.17) is 0 Å². The van der Waals surface area contributed by atoms with E-state index >= 15 is 0 Å². The van der Waals surface area contributed by atoms with Crippen molar-refractivity contribution >= 4 is 25.8 Å². The highest BCUT2D eigenvalue weighted by Crippen LogP contribution is 2.17. The van der Waals surface area contributed by atoms with E-state index < -0.39 is 9.84 Å². The zero-order valence-electron chi connectivity index (χ0n) is 11.3. The lowest BCUT2D eigenvalue weighted by atomic mass is 9.98. The molecule has 3 nitrogen and oxygen atoms in total. The number of aliphatic hydroxyl groups is 1. The van der Waals surface area contributed by atoms with E-state index in [-0.39, 0.29) is 23.5 Å². The minimum atomic E-state index is -3.02. The zero-order valence-corrected chi connectivity index (χ0v) is 13.7. The van der Waals surface area contributed by atoms with Crippen LogP contribution in [-0.4, -0.2) is 31.1 Å². The van der Waals surface area contributed by atoms with Crippen molar-refractivity contribution < 1.29 is 13.5 Å². The molecule has 0 aliphatic carbocycles. The van der Waals surface area contributed by atoms with Crippen molar-refractivity contribution in [1.29, 1.82) is 0 Å². The summed E-state index contributed by atoms with van der Waals surface area (Å²) in [6, 6.07) is 7.89. The van der Waals surface area contributed by atoms with E-state index in [9.17, 15) is 13.5 Å². The SMILES string of the molecule is CC(C)S(=O)(=O)CCC(CO)Cc1ccc(Br)cc1. The van der Waals surface area contributed by atoms with Crippen molar-refractivity contribution in [3.63, 3.8) is 0 Å². The van der Waals surface area contributed by atoms with Crippen LogP contribution in [0.25, 0.3) is 0 Å². The molecule has 0 saturated heterocycles. The molecular weight excluding hydrogens is 328 g/mol. The van der Waals surface area contributed by atoms with Crippen LogP contribution in [0.5, 0.6) is 0 Å². The first-order valence-electron chi connectivity index (χ1n) is 6.42. The minimum Gasteiger partial charge on any atom is -0.396 e. The van der Waals surface area contributed by atoms with Gasteiger partial charge in [-0.15, -0.1) is 0 Å². The van der Waals surface area contributed by atoms with E-state index in [2.05, 4.69) is 15.9 Å². The third-order valence-electron chi connectivity index (χ3n) is 3.22. The van der Waals surface area contributed by atoms with Crippen LogP contribution >= 0.6 is 15.9 Å². The van der Waals surface area contributed by atoms with Crippen molar-refractivity contribution in [1.82, 2.24) is 0 Å². The normalized spacial score (nSPS) is 13.7. The van der Waals surface area contributed by atoms with Gasteiger partial charge in [-0.25, -0.2) is 8.42 Å². The fourth-order valence-corrected chi connectivity index (χ4v) is 3.18. The molecule has 0 saturated carbocycles. The average Bonchev–Trinajstić information content (AvgIpc) is 2.36. The second-order valence-electron chi connectivity index (χ2n) is 5.08. The summed E-state index contributed by atoms with van der Waals surface area (Å²) in [7, 11) is -3.02. The summed E-state index contributed by atoms with van der Waals surface area (Å²) >= 11 is 3.37. The van der Waals surface area contributed by atoms with Gasteiger partial charge < -0.3 is 5.11 Å². The molecule has 0 bridgehead atoms. The third kappa shape index (κ3) is 5.63. The maximum atomic E-state index is 11.8. The first-order chi connectivity index (χ1) is 8.85. The summed E-state index contributed by atoms with van der Waals surface area (Å²) in [5.74, 6) is 0.140. The van der Waals surface area contributed by atoms with Gasteiger partial charge in [0.1, 0.15) is 0 Å². The summed E-state index contributed by atoms with van der Waals surface area (Å²) in [6.45, 7) is 3.40. The Kier molecular flexibility index (Phi) is 6.50. The summed E-state index contributed by atoms with van der Waals surface area (Å²) < 4.78 is 24.5. The number of halogens is 1. The lowest BCUT2D eigenvalue weighted by Crippen LogP contribution is -2.21. The molecule has 0 spiro atoms. The van der Waals surface area contributed by atoms with Crippen LogP contribution < -0.4 is 0 Å². The number of hydrogen-bond acceptors (Lipinski definition) is 3. The van der Waals surface area contributed by atoms with Crippen LogP contribution in [0.3, 0.4) is 0 Å². The van der Waals surface area contributed by atoms with Crippen LogP contribution in [0.1, 0.15) is 25.8 Å². The maximum Gasteiger partial charge on any atom is 0.152 e. The van der Waals surface area contributed by atoms with Gasteiger partial charge in [-0.2, -0.15) is 0 Å². The van der Waals surface area contributed by atoms with Gasteiger partial charge in [0.25, 0.3) is 0 Å². The van der Waals surface area contributed by atoms with Crippen molar-refractivity contribution in [3.8, 4) is 0 Å². The lowest BCUT2D eigenvalue weighted by Gasteiger charge is -2.15. The smallest absolute Gasteiger partial charge is 0.152 e. The standard InChI is InChI=1S/C14H21BrO3S/c1-11(2)19(17,18)8-7-13(10-16)9-12-3-5-14(15)6-4-12/h3-6,11,13,16H,7-10H2,1-2H3. The quantitative estimate of drug-likeness (QED) is 0.824. The molecule has 5 heteroatoms. The van der Waals surface area contributed by atoms with Crippen LogP contribution in [0.2, 0.25) is 0 Å². The second kappa shape index (κ2) is 7.41. The molecule has 1 aromatic rings. The van der Waals surface area contributed by atoms with Gasteiger partial charge in [0.2, 0.25) is 0 Å². The Hall–Kier alpha value is -0.390. The first-order valence-corrected chi connectivity index (χ1v) is 8.93. The zero-order chi connectivity index (χ0) is 14.5. The molecule has 0 amide bonds. The van der Waals surface area contributed by atoms with Gasteiger partial charge in [-0.1, -0.05) is 28.1 Å². The summed E-state index contributed by atoms with van der Waals surface area (Å²) in [6.07, 6.45) is 1.21. The van der Waals surface area contributed by atoms with E-state index in [1.165, 1.54) is 0 Å². The van der Waals surface area contributed by atoms with Crippen LogP contribution in [-0.2, 0) is 16.3 Å². The maximum absolute atomic E-state index is 11.8. The van der Waals surface area contributed by atoms with E-state index in [1.807, 2.05) is 24.3 Å². The monoisotopic (exact) mass is 348 g/mol. The second-order valence-corrected chi connectivity index (χ2v) is 8.68. The molecule has 1 unspecified atom stereocenters. The van der Waals surface area contributed by atoms with Crippen molar-refractivity contribution in [2.45, 2.75) is 31.9 Å². The number of sulfone groups is 1. The summed E-state index contributed by atoms with van der Waals surface area (Å²) in [5, 5.41) is 9.03. The predicted octanol–water partition coefficient (Wildman–Crippen LogP) is 2.81. The molecule has 0 aliphatic rings. The topological polar surface area (TPSA) is 54.4 Å². The van der Waals surface area contributed by atoms with Gasteiger partial charge in [-0.3, -0.25) is 0 Å². The molecule has 0 fully saturated rings. The van der Waals surface area contributed by atoms with Crippen molar-refractivity contribution in [2.24, 2.45) is 5.92 Å². The van der Waals surface area contributed by atoms with Crippen molar-refractivity contribution in [2.75, 3.05) is 12.4 Å². The Balaban J connectivity index is 2.57. The highest BCUT2D eigenvalue weighted by atomic mass is 79.9. The van der Waals surface area contributed by atoms with E-state index in [1.54, 1.807) is 13.8 Å². The Morgan fingerprint density at radius 1 is 1.21 bits per heavy atom. The van der Waals surface area contributed by atoms with Gasteiger partial charge in [-0.05, 0) is 50.3 Å². The highest BCUT2D eigenvalue weighted by molar-refractivity contribution is 9.10. The fourth-order valence-electron chi connectivity index (χ4n) is 1.78. The number of rotatable bonds is 7. The van der Waals surface area contributed by atoms with Gasteiger partial charge in [0.05, 0.1) is 11.0 Å². The molecule has 0 radical (unpaired) electrons. The summed E-state index contributed by atoms with van der Waals surface area (Å²) in [4.78, 5) is 0. The Morgan fingerprint density at radius 3 is 2.26 bits per heavy atom. The van der Waals surface area contributed by atoms with Gasteiger partial charge in [0, 0.05) is 11.1 Å². The lowest BCUT2D eigenvalue weighted by molar-refractivity contribution is 0.222. The van der Waals surface area contributed by atoms with E-state index in [0.29, 0.717) is 12.8 Å². The number of hydrogen-bond donors (Lipinski definition) is 1. The largest absolute Gasteiger partial charge is 0.396 e. The first kappa shape index (κ1) is 16.7. The van der Waals surface area contributed by atoms with Gasteiger partial charge in [0.15, 0.2) is 9.84 Å². The molecule has 1 aromatic carbocycles. The molecule has 0 heterocycles. The number of benzene rings is 1. The molecule has 1 atom stereocenters. The third-order valence-corrected chi connectivity index (χ3v) is 5.99. The minimum absolute atomic E-state index is 0.00491. The van der Waals surface area contributed by atoms with Crippen LogP contribution in [0.15, 0.2) is 28.7 Å². The molecule has 0 aliphatic heterocycles. The Morgan fingerprint density at radius 2 is 1.79 bits per heavy atom. The summed E-state index contributed by atoms with van der Waals surface area (Å²) in [5.41, 5.74) is 1.11. The molecule has 0 aromatic heterocycles. The highest BCUT2D eigenvalue weighted by Gasteiger charge is 2.19.